The van der Waals surface area contributed by atoms with Gasteiger partial charge in [0.25, 0.3) is 5.91 Å². The SMILES string of the molecule is COc1ccc(S(=O)(=O)NCCN2c3ccccc3N(C)S2(=O)=O)cc1C(N)=O. The summed E-state index contributed by atoms with van der Waals surface area (Å²) in [5.74, 6) is -0.680. The zero-order valence-electron chi connectivity index (χ0n) is 15.7. The van der Waals surface area contributed by atoms with Gasteiger partial charge in [0.05, 0.1) is 28.9 Å². The fourth-order valence-electron chi connectivity index (χ4n) is 2.99. The molecule has 0 aliphatic carbocycles. The number of hydrogen-bond acceptors (Lipinski definition) is 6. The standard InChI is InChI=1S/C17H20N4O6S2/c1-20-14-5-3-4-6-15(14)21(29(20,25)26)10-9-19-28(23,24)12-7-8-16(27-2)13(11-12)17(18)22/h3-8,11,19H,9-10H2,1-2H3,(H2,18,22). The molecule has 10 nitrogen and oxygen atoms in total. The number of anilines is 2. The summed E-state index contributed by atoms with van der Waals surface area (Å²) in [5, 5.41) is 0. The van der Waals surface area contributed by atoms with E-state index in [0.717, 1.165) is 14.7 Å². The Morgan fingerprint density at radius 3 is 2.45 bits per heavy atom. The number of benzene rings is 2. The predicted molar refractivity (Wildman–Crippen MR) is 108 cm³/mol. The van der Waals surface area contributed by atoms with Gasteiger partial charge in [-0.3, -0.25) is 9.10 Å². The van der Waals surface area contributed by atoms with E-state index in [9.17, 15) is 21.6 Å². The molecule has 0 aromatic heterocycles. The van der Waals surface area contributed by atoms with Crippen molar-refractivity contribution in [3.05, 3.63) is 48.0 Å². The average molecular weight is 441 g/mol. The molecular weight excluding hydrogens is 420 g/mol. The normalized spacial score (nSPS) is 15.2. The monoisotopic (exact) mass is 440 g/mol. The van der Waals surface area contributed by atoms with Gasteiger partial charge in [-0.05, 0) is 30.3 Å². The lowest BCUT2D eigenvalue weighted by atomic mass is 10.2. The first-order valence-electron chi connectivity index (χ1n) is 8.42. The fraction of sp³-hybridized carbons (Fsp3) is 0.235. The molecule has 0 radical (unpaired) electrons. The van der Waals surface area contributed by atoms with E-state index in [4.69, 9.17) is 10.5 Å². The summed E-state index contributed by atoms with van der Waals surface area (Å²) in [5.41, 5.74) is 6.16. The van der Waals surface area contributed by atoms with E-state index in [1.54, 1.807) is 24.3 Å². The Morgan fingerprint density at radius 1 is 1.17 bits per heavy atom. The Morgan fingerprint density at radius 2 is 1.83 bits per heavy atom. The molecule has 1 aliphatic rings. The molecule has 12 heteroatoms. The highest BCUT2D eigenvalue weighted by Gasteiger charge is 2.37. The van der Waals surface area contributed by atoms with E-state index in [0.29, 0.717) is 11.4 Å². The third-order valence-corrected chi connectivity index (χ3v) is 7.75. The maximum absolute atomic E-state index is 12.6. The number of nitrogens with zero attached hydrogens (tertiary/aromatic N) is 2. The van der Waals surface area contributed by atoms with Crippen molar-refractivity contribution in [3.63, 3.8) is 0 Å². The van der Waals surface area contributed by atoms with Crippen LogP contribution in [-0.2, 0) is 20.2 Å². The number of ether oxygens (including phenoxy) is 1. The molecule has 2 aromatic carbocycles. The average Bonchev–Trinajstić information content (AvgIpc) is 2.88. The van der Waals surface area contributed by atoms with Crippen LogP contribution in [0.1, 0.15) is 10.4 Å². The highest BCUT2D eigenvalue weighted by Crippen LogP contribution is 2.39. The second-order valence-corrected chi connectivity index (χ2v) is 9.81. The number of amides is 1. The fourth-order valence-corrected chi connectivity index (χ4v) is 5.46. The first kappa shape index (κ1) is 20.9. The Kier molecular flexibility index (Phi) is 5.43. The van der Waals surface area contributed by atoms with Gasteiger partial charge in [-0.2, -0.15) is 8.42 Å². The number of para-hydroxylation sites is 2. The quantitative estimate of drug-likeness (QED) is 0.634. The van der Waals surface area contributed by atoms with Crippen LogP contribution in [0, 0.1) is 0 Å². The van der Waals surface area contributed by atoms with Gasteiger partial charge in [0, 0.05) is 20.1 Å². The minimum absolute atomic E-state index is 0.0759. The summed E-state index contributed by atoms with van der Waals surface area (Å²) in [4.78, 5) is 11.3. The van der Waals surface area contributed by atoms with Gasteiger partial charge in [0.15, 0.2) is 0 Å². The second kappa shape index (κ2) is 7.54. The Bertz CT molecular complexity index is 1160. The number of fused-ring (bicyclic) bond motifs is 1. The number of nitrogens with two attached hydrogens (primary N) is 1. The van der Waals surface area contributed by atoms with E-state index < -0.39 is 26.1 Å². The minimum atomic E-state index is -4.01. The first-order valence-corrected chi connectivity index (χ1v) is 11.3. The van der Waals surface area contributed by atoms with Crippen molar-refractivity contribution >= 4 is 37.5 Å². The molecule has 1 amide bonds. The van der Waals surface area contributed by atoms with E-state index in [2.05, 4.69) is 4.72 Å². The first-order chi connectivity index (χ1) is 13.6. The Labute approximate surface area is 169 Å². The van der Waals surface area contributed by atoms with Gasteiger partial charge in [-0.25, -0.2) is 17.4 Å². The van der Waals surface area contributed by atoms with E-state index in [1.165, 1.54) is 26.3 Å². The van der Waals surface area contributed by atoms with Crippen LogP contribution in [0.15, 0.2) is 47.4 Å². The maximum atomic E-state index is 12.6. The summed E-state index contributed by atoms with van der Waals surface area (Å²) in [6.45, 7) is -0.288. The van der Waals surface area contributed by atoms with Gasteiger partial charge < -0.3 is 10.5 Å². The van der Waals surface area contributed by atoms with Crippen LogP contribution >= 0.6 is 0 Å². The highest BCUT2D eigenvalue weighted by atomic mass is 32.2. The van der Waals surface area contributed by atoms with Crippen LogP contribution in [0.2, 0.25) is 0 Å². The number of rotatable bonds is 7. The maximum Gasteiger partial charge on any atom is 0.326 e. The van der Waals surface area contributed by atoms with Crippen LogP contribution in [0.25, 0.3) is 0 Å². The number of sulfonamides is 1. The molecule has 156 valence electrons. The second-order valence-electron chi connectivity index (χ2n) is 6.16. The Hall–Kier alpha value is -2.83. The third-order valence-electron chi connectivity index (χ3n) is 4.47. The zero-order valence-corrected chi connectivity index (χ0v) is 17.3. The number of primary amides is 1. The number of carbonyl (C=O) groups is 1. The van der Waals surface area contributed by atoms with Gasteiger partial charge in [0.1, 0.15) is 5.75 Å². The lowest BCUT2D eigenvalue weighted by molar-refractivity contribution is 0.0997. The van der Waals surface area contributed by atoms with Crippen molar-refractivity contribution in [2.45, 2.75) is 4.90 Å². The summed E-state index contributed by atoms with van der Waals surface area (Å²) < 4.78 is 59.9. The van der Waals surface area contributed by atoms with Crippen LogP contribution < -0.4 is 23.8 Å². The van der Waals surface area contributed by atoms with E-state index in [-0.39, 0.29) is 29.3 Å². The lowest BCUT2D eigenvalue weighted by Crippen LogP contribution is -2.40. The molecule has 0 unspecified atom stereocenters. The number of nitrogens with one attached hydrogen (secondary N) is 1. The molecule has 3 N–H and O–H groups in total. The molecule has 0 saturated carbocycles. The molecule has 29 heavy (non-hydrogen) atoms. The number of hydrogen-bond donors (Lipinski definition) is 2. The summed E-state index contributed by atoms with van der Waals surface area (Å²) in [7, 11) is -5.03. The molecule has 0 spiro atoms. The van der Waals surface area contributed by atoms with Crippen molar-refractivity contribution in [2.24, 2.45) is 5.73 Å². The molecule has 0 saturated heterocycles. The third kappa shape index (κ3) is 3.73. The van der Waals surface area contributed by atoms with Crippen LogP contribution in [0.5, 0.6) is 5.75 Å². The molecule has 1 aliphatic heterocycles. The van der Waals surface area contributed by atoms with E-state index >= 15 is 0 Å². The van der Waals surface area contributed by atoms with Crippen molar-refractivity contribution in [1.29, 1.82) is 0 Å². The summed E-state index contributed by atoms with van der Waals surface area (Å²) >= 11 is 0. The van der Waals surface area contributed by atoms with Gasteiger partial charge in [0.2, 0.25) is 10.0 Å². The predicted octanol–water partition coefficient (Wildman–Crippen LogP) is 0.274. The van der Waals surface area contributed by atoms with Gasteiger partial charge in [-0.15, -0.1) is 0 Å². The molecule has 2 aromatic rings. The Balaban J connectivity index is 1.78. The molecule has 0 atom stereocenters. The highest BCUT2D eigenvalue weighted by molar-refractivity contribution is 7.94. The molecule has 1 heterocycles. The molecule has 0 fully saturated rings. The van der Waals surface area contributed by atoms with Gasteiger partial charge >= 0.3 is 10.2 Å². The van der Waals surface area contributed by atoms with Gasteiger partial charge in [-0.1, -0.05) is 12.1 Å². The van der Waals surface area contributed by atoms with Crippen molar-refractivity contribution < 1.29 is 26.4 Å². The lowest BCUT2D eigenvalue weighted by Gasteiger charge is -2.19. The zero-order chi connectivity index (χ0) is 21.4. The van der Waals surface area contributed by atoms with Crippen LogP contribution in [0.4, 0.5) is 11.4 Å². The smallest absolute Gasteiger partial charge is 0.326 e. The molecule has 3 rings (SSSR count). The van der Waals surface area contributed by atoms with Crippen molar-refractivity contribution in [3.8, 4) is 5.75 Å². The largest absolute Gasteiger partial charge is 0.496 e. The molecular formula is C17H20N4O6S2. The number of carbonyl (C=O) groups excluding carboxylic acids is 1. The van der Waals surface area contributed by atoms with E-state index in [1.807, 2.05) is 0 Å². The van der Waals surface area contributed by atoms with Crippen molar-refractivity contribution in [2.75, 3.05) is 35.9 Å². The minimum Gasteiger partial charge on any atom is -0.496 e. The molecule has 0 bridgehead atoms. The van der Waals surface area contributed by atoms with Crippen LogP contribution in [-0.4, -0.2) is 50.0 Å². The number of methoxy groups -OCH3 is 1. The van der Waals surface area contributed by atoms with Crippen molar-refractivity contribution in [1.82, 2.24) is 4.72 Å². The van der Waals surface area contributed by atoms with Crippen LogP contribution in [0.3, 0.4) is 0 Å². The topological polar surface area (TPSA) is 139 Å². The summed E-state index contributed by atoms with van der Waals surface area (Å²) in [6, 6.07) is 10.4. The summed E-state index contributed by atoms with van der Waals surface area (Å²) in [6.07, 6.45) is 0.